The Kier molecular flexibility index (Phi) is 5.42. The standard InChI is InChI=1S/C12H17N3OS/c1-3-8-13-12(17)15-11-6-4-10(5-7-11)14-9(2)16/h4-7H,3,8H2,1-2H3,(H,14,16)(H2,13,15,17). The molecule has 1 aromatic rings. The van der Waals surface area contributed by atoms with Crippen molar-refractivity contribution >= 4 is 34.6 Å². The van der Waals surface area contributed by atoms with Crippen molar-refractivity contribution in [2.45, 2.75) is 20.3 Å². The van der Waals surface area contributed by atoms with Gasteiger partial charge in [-0.3, -0.25) is 4.79 Å². The first kappa shape index (κ1) is 13.4. The average Bonchev–Trinajstić information content (AvgIpc) is 2.28. The van der Waals surface area contributed by atoms with Crippen LogP contribution in [0, 0.1) is 0 Å². The molecule has 4 nitrogen and oxygen atoms in total. The highest BCUT2D eigenvalue weighted by Gasteiger charge is 1.98. The Morgan fingerprint density at radius 2 is 1.71 bits per heavy atom. The number of benzene rings is 1. The van der Waals surface area contributed by atoms with E-state index in [4.69, 9.17) is 12.2 Å². The normalized spacial score (nSPS) is 9.53. The number of anilines is 2. The van der Waals surface area contributed by atoms with Gasteiger partial charge in [0.05, 0.1) is 0 Å². The second kappa shape index (κ2) is 6.85. The van der Waals surface area contributed by atoms with Crippen LogP contribution in [0.1, 0.15) is 20.3 Å². The van der Waals surface area contributed by atoms with Crippen LogP contribution in [-0.4, -0.2) is 17.6 Å². The summed E-state index contributed by atoms with van der Waals surface area (Å²) in [5.41, 5.74) is 1.67. The number of amides is 1. The molecule has 0 heterocycles. The van der Waals surface area contributed by atoms with Gasteiger partial charge in [0, 0.05) is 24.8 Å². The molecule has 0 spiro atoms. The van der Waals surface area contributed by atoms with E-state index in [9.17, 15) is 4.79 Å². The lowest BCUT2D eigenvalue weighted by Gasteiger charge is -2.10. The minimum absolute atomic E-state index is 0.0779. The van der Waals surface area contributed by atoms with E-state index in [1.165, 1.54) is 6.92 Å². The van der Waals surface area contributed by atoms with Gasteiger partial charge in [0.25, 0.3) is 0 Å². The minimum atomic E-state index is -0.0779. The first-order valence-corrected chi connectivity index (χ1v) is 5.95. The van der Waals surface area contributed by atoms with Gasteiger partial charge in [-0.25, -0.2) is 0 Å². The quantitative estimate of drug-likeness (QED) is 0.719. The lowest BCUT2D eigenvalue weighted by Crippen LogP contribution is -2.28. The van der Waals surface area contributed by atoms with E-state index in [1.54, 1.807) is 0 Å². The summed E-state index contributed by atoms with van der Waals surface area (Å²) in [5, 5.41) is 9.46. The highest BCUT2D eigenvalue weighted by atomic mass is 32.1. The van der Waals surface area contributed by atoms with Gasteiger partial charge >= 0.3 is 0 Å². The van der Waals surface area contributed by atoms with Gasteiger partial charge in [-0.05, 0) is 42.9 Å². The van der Waals surface area contributed by atoms with E-state index in [0.29, 0.717) is 5.11 Å². The van der Waals surface area contributed by atoms with Crippen molar-refractivity contribution in [2.75, 3.05) is 17.2 Å². The van der Waals surface area contributed by atoms with Crippen molar-refractivity contribution in [2.24, 2.45) is 0 Å². The van der Waals surface area contributed by atoms with Crippen molar-refractivity contribution in [3.05, 3.63) is 24.3 Å². The van der Waals surface area contributed by atoms with Crippen LogP contribution in [0.25, 0.3) is 0 Å². The molecule has 0 bridgehead atoms. The zero-order valence-electron chi connectivity index (χ0n) is 10.0. The molecule has 0 aliphatic rings. The van der Waals surface area contributed by atoms with E-state index in [2.05, 4.69) is 22.9 Å². The van der Waals surface area contributed by atoms with Crippen LogP contribution in [0.5, 0.6) is 0 Å². The summed E-state index contributed by atoms with van der Waals surface area (Å²) in [6.07, 6.45) is 1.03. The minimum Gasteiger partial charge on any atom is -0.362 e. The molecule has 0 aliphatic carbocycles. The van der Waals surface area contributed by atoms with E-state index in [1.807, 2.05) is 24.3 Å². The summed E-state index contributed by atoms with van der Waals surface area (Å²) >= 11 is 5.11. The number of rotatable bonds is 4. The fourth-order valence-electron chi connectivity index (χ4n) is 1.25. The largest absolute Gasteiger partial charge is 0.362 e. The molecule has 0 radical (unpaired) electrons. The Bertz CT molecular complexity index is 389. The van der Waals surface area contributed by atoms with Crippen LogP contribution >= 0.6 is 12.2 Å². The molecule has 0 aliphatic heterocycles. The van der Waals surface area contributed by atoms with Crippen LogP contribution in [0.2, 0.25) is 0 Å². The van der Waals surface area contributed by atoms with Crippen molar-refractivity contribution in [3.8, 4) is 0 Å². The number of thiocarbonyl (C=S) groups is 1. The molecule has 0 atom stereocenters. The van der Waals surface area contributed by atoms with Crippen molar-refractivity contribution in [1.29, 1.82) is 0 Å². The van der Waals surface area contributed by atoms with Gasteiger partial charge in [0.2, 0.25) is 5.91 Å². The van der Waals surface area contributed by atoms with Crippen molar-refractivity contribution in [3.63, 3.8) is 0 Å². The molecule has 0 saturated heterocycles. The fraction of sp³-hybridized carbons (Fsp3) is 0.333. The molecule has 0 unspecified atom stereocenters. The second-order valence-corrected chi connectivity index (χ2v) is 4.05. The summed E-state index contributed by atoms with van der Waals surface area (Å²) in [6, 6.07) is 7.38. The molecule has 1 rings (SSSR count). The summed E-state index contributed by atoms with van der Waals surface area (Å²) in [5.74, 6) is -0.0779. The number of carbonyl (C=O) groups is 1. The van der Waals surface area contributed by atoms with Crippen LogP contribution in [0.4, 0.5) is 11.4 Å². The molecule has 5 heteroatoms. The highest BCUT2D eigenvalue weighted by molar-refractivity contribution is 7.80. The first-order valence-electron chi connectivity index (χ1n) is 5.54. The Balaban J connectivity index is 2.50. The van der Waals surface area contributed by atoms with Gasteiger partial charge < -0.3 is 16.0 Å². The zero-order valence-corrected chi connectivity index (χ0v) is 10.9. The third-order valence-electron chi connectivity index (χ3n) is 2.00. The maximum absolute atomic E-state index is 10.8. The zero-order chi connectivity index (χ0) is 12.7. The topological polar surface area (TPSA) is 53.2 Å². The van der Waals surface area contributed by atoms with E-state index < -0.39 is 0 Å². The van der Waals surface area contributed by atoms with Gasteiger partial charge in [0.15, 0.2) is 5.11 Å². The van der Waals surface area contributed by atoms with Crippen LogP contribution in [0.3, 0.4) is 0 Å². The first-order chi connectivity index (χ1) is 8.11. The van der Waals surface area contributed by atoms with Crippen LogP contribution in [0.15, 0.2) is 24.3 Å². The lowest BCUT2D eigenvalue weighted by atomic mass is 10.3. The van der Waals surface area contributed by atoms with Gasteiger partial charge in [0.1, 0.15) is 0 Å². The Hall–Kier alpha value is -1.62. The number of hydrogen-bond acceptors (Lipinski definition) is 2. The lowest BCUT2D eigenvalue weighted by molar-refractivity contribution is -0.114. The van der Waals surface area contributed by atoms with E-state index in [0.717, 1.165) is 24.3 Å². The molecule has 0 saturated carbocycles. The summed E-state index contributed by atoms with van der Waals surface area (Å²) in [7, 11) is 0. The molecular formula is C12H17N3OS. The summed E-state index contributed by atoms with van der Waals surface area (Å²) in [4.78, 5) is 10.8. The number of nitrogens with one attached hydrogen (secondary N) is 3. The third kappa shape index (κ3) is 5.31. The Morgan fingerprint density at radius 1 is 1.18 bits per heavy atom. The molecular weight excluding hydrogens is 234 g/mol. The predicted octanol–water partition coefficient (Wildman–Crippen LogP) is 2.34. The second-order valence-electron chi connectivity index (χ2n) is 3.64. The average molecular weight is 251 g/mol. The van der Waals surface area contributed by atoms with E-state index >= 15 is 0 Å². The Labute approximate surface area is 107 Å². The van der Waals surface area contributed by atoms with Gasteiger partial charge in [-0.15, -0.1) is 0 Å². The number of hydrogen-bond donors (Lipinski definition) is 3. The number of carbonyl (C=O) groups excluding carboxylic acids is 1. The van der Waals surface area contributed by atoms with Gasteiger partial charge in [-0.2, -0.15) is 0 Å². The van der Waals surface area contributed by atoms with E-state index in [-0.39, 0.29) is 5.91 Å². The van der Waals surface area contributed by atoms with Gasteiger partial charge in [-0.1, -0.05) is 6.92 Å². The maximum atomic E-state index is 10.8. The summed E-state index contributed by atoms with van der Waals surface area (Å²) in [6.45, 7) is 4.42. The Morgan fingerprint density at radius 3 is 2.18 bits per heavy atom. The fourth-order valence-corrected chi connectivity index (χ4v) is 1.47. The molecule has 3 N–H and O–H groups in total. The summed E-state index contributed by atoms with van der Waals surface area (Å²) < 4.78 is 0. The monoisotopic (exact) mass is 251 g/mol. The SMILES string of the molecule is CCCNC(=S)Nc1ccc(NC(C)=O)cc1. The molecule has 0 fully saturated rings. The van der Waals surface area contributed by atoms with Crippen LogP contribution < -0.4 is 16.0 Å². The maximum Gasteiger partial charge on any atom is 0.221 e. The van der Waals surface area contributed by atoms with Crippen LogP contribution in [-0.2, 0) is 4.79 Å². The molecule has 92 valence electrons. The molecule has 1 aromatic carbocycles. The highest BCUT2D eigenvalue weighted by Crippen LogP contribution is 2.13. The molecule has 0 aromatic heterocycles. The smallest absolute Gasteiger partial charge is 0.221 e. The molecule has 1 amide bonds. The third-order valence-corrected chi connectivity index (χ3v) is 2.25. The van der Waals surface area contributed by atoms with Crippen molar-refractivity contribution < 1.29 is 4.79 Å². The predicted molar refractivity (Wildman–Crippen MR) is 75.3 cm³/mol. The molecule has 17 heavy (non-hydrogen) atoms. The van der Waals surface area contributed by atoms with Crippen molar-refractivity contribution in [1.82, 2.24) is 5.32 Å².